The van der Waals surface area contributed by atoms with Crippen molar-refractivity contribution in [3.05, 3.63) is 58.1 Å². The summed E-state index contributed by atoms with van der Waals surface area (Å²) in [4.78, 5) is 22.3. The molecule has 2 saturated heterocycles. The summed E-state index contributed by atoms with van der Waals surface area (Å²) in [6.07, 6.45) is 1.10. The fourth-order valence-corrected chi connectivity index (χ4v) is 6.22. The number of ether oxygens (including phenoxy) is 1. The van der Waals surface area contributed by atoms with E-state index in [1.165, 1.54) is 31.4 Å². The second-order valence-electron chi connectivity index (χ2n) is 10.5. The lowest BCUT2D eigenvalue weighted by atomic mass is 9.94. The zero-order valence-corrected chi connectivity index (χ0v) is 23.2. The van der Waals surface area contributed by atoms with Crippen LogP contribution < -0.4 is 4.74 Å². The van der Waals surface area contributed by atoms with Crippen molar-refractivity contribution in [3.8, 4) is 17.0 Å². The van der Waals surface area contributed by atoms with Crippen LogP contribution in [0.4, 0.5) is 13.2 Å². The molecule has 0 atom stereocenters. The molecular weight excluding hydrogens is 543 g/mol. The van der Waals surface area contributed by atoms with Gasteiger partial charge in [0.05, 0.1) is 34.0 Å². The van der Waals surface area contributed by atoms with E-state index in [0.29, 0.717) is 34.9 Å². The first-order chi connectivity index (χ1) is 19.2. The molecule has 1 N–H and O–H groups in total. The Morgan fingerprint density at radius 3 is 2.48 bits per heavy atom. The van der Waals surface area contributed by atoms with E-state index in [-0.39, 0.29) is 28.4 Å². The van der Waals surface area contributed by atoms with Crippen LogP contribution >= 0.6 is 11.6 Å². The molecule has 214 valence electrons. The first kappa shape index (κ1) is 28.6. The zero-order valence-electron chi connectivity index (χ0n) is 22.4. The molecule has 2 fully saturated rings. The highest BCUT2D eigenvalue weighted by Gasteiger charge is 2.32. The van der Waals surface area contributed by atoms with Crippen molar-refractivity contribution in [2.75, 3.05) is 32.8 Å². The smallest absolute Gasteiger partial charge is 0.416 e. The Bertz CT molecular complexity index is 1380. The van der Waals surface area contributed by atoms with E-state index in [9.17, 15) is 23.1 Å². The highest BCUT2D eigenvalue weighted by atomic mass is 35.5. The highest BCUT2D eigenvalue weighted by Crippen LogP contribution is 2.38. The number of carboxylic acids is 1. The number of aromatic nitrogens is 1. The van der Waals surface area contributed by atoms with E-state index in [4.69, 9.17) is 21.3 Å². The lowest BCUT2D eigenvalue weighted by molar-refractivity contribution is -0.137. The fraction of sp³-hybridized carbons (Fsp3) is 0.467. The number of hydrogen-bond donors (Lipinski definition) is 1. The molecule has 2 aromatic carbocycles. The molecule has 0 radical (unpaired) electrons. The lowest BCUT2D eigenvalue weighted by Crippen LogP contribution is -2.46. The minimum atomic E-state index is -4.55. The van der Waals surface area contributed by atoms with Gasteiger partial charge in [0.25, 0.3) is 0 Å². The number of alkyl halides is 3. The van der Waals surface area contributed by atoms with Crippen molar-refractivity contribution in [2.24, 2.45) is 0 Å². The van der Waals surface area contributed by atoms with Gasteiger partial charge in [0, 0.05) is 35.2 Å². The fourth-order valence-electron chi connectivity index (χ4n) is 6.00. The van der Waals surface area contributed by atoms with Crippen LogP contribution in [0, 0.1) is 0 Å². The summed E-state index contributed by atoms with van der Waals surface area (Å²) in [6.45, 7) is 6.16. The maximum absolute atomic E-state index is 13.6. The summed E-state index contributed by atoms with van der Waals surface area (Å²) in [5, 5.41) is 11.0. The van der Waals surface area contributed by atoms with Gasteiger partial charge in [-0.3, -0.25) is 4.90 Å². The summed E-state index contributed by atoms with van der Waals surface area (Å²) in [5.41, 5.74) is 0.300. The predicted molar refractivity (Wildman–Crippen MR) is 149 cm³/mol. The van der Waals surface area contributed by atoms with Crippen molar-refractivity contribution in [2.45, 2.75) is 57.8 Å². The zero-order chi connectivity index (χ0) is 28.4. The minimum absolute atomic E-state index is 0.000476. The van der Waals surface area contributed by atoms with Gasteiger partial charge in [0.1, 0.15) is 5.75 Å². The number of piperidine rings is 2. The molecule has 0 aliphatic carbocycles. The van der Waals surface area contributed by atoms with Gasteiger partial charge in [-0.1, -0.05) is 30.2 Å². The average molecular weight is 576 g/mol. The van der Waals surface area contributed by atoms with Gasteiger partial charge in [-0.05, 0) is 77.0 Å². The molecule has 1 aromatic heterocycles. The van der Waals surface area contributed by atoms with Gasteiger partial charge in [-0.2, -0.15) is 13.2 Å². The number of carbonyl (C=O) groups is 1. The summed E-state index contributed by atoms with van der Waals surface area (Å²) < 4.78 is 46.5. The summed E-state index contributed by atoms with van der Waals surface area (Å²) in [7, 11) is 0. The molecule has 0 saturated carbocycles. The molecule has 6 nitrogen and oxygen atoms in total. The lowest BCUT2D eigenvalue weighted by Gasteiger charge is -2.40. The molecule has 2 aliphatic heterocycles. The Morgan fingerprint density at radius 1 is 1.10 bits per heavy atom. The van der Waals surface area contributed by atoms with Gasteiger partial charge >= 0.3 is 12.1 Å². The third-order valence-corrected chi connectivity index (χ3v) is 8.26. The molecule has 0 unspecified atom stereocenters. The number of fused-ring (bicyclic) bond motifs is 1. The molecule has 0 bridgehead atoms. The SMILES string of the molecule is CCOc1cc2nc(-c3cccc(C(F)(F)F)c3)c(CN3CCC(N4CCCCC4)CC3)c(C(=O)O)c2cc1Cl. The van der Waals surface area contributed by atoms with E-state index in [2.05, 4.69) is 9.80 Å². The van der Waals surface area contributed by atoms with E-state index >= 15 is 0 Å². The van der Waals surface area contributed by atoms with Crippen LogP contribution in [0.5, 0.6) is 5.75 Å². The minimum Gasteiger partial charge on any atom is -0.492 e. The largest absolute Gasteiger partial charge is 0.492 e. The van der Waals surface area contributed by atoms with Gasteiger partial charge in [-0.15, -0.1) is 0 Å². The number of nitrogens with zero attached hydrogens (tertiary/aromatic N) is 3. The van der Waals surface area contributed by atoms with Crippen LogP contribution in [0.15, 0.2) is 36.4 Å². The number of benzene rings is 2. The maximum Gasteiger partial charge on any atom is 0.416 e. The van der Waals surface area contributed by atoms with Crippen molar-refractivity contribution < 1.29 is 27.8 Å². The number of aromatic carboxylic acids is 1. The number of pyridine rings is 1. The number of rotatable bonds is 7. The molecule has 3 aromatic rings. The third-order valence-electron chi connectivity index (χ3n) is 7.96. The summed E-state index contributed by atoms with van der Waals surface area (Å²) in [6, 6.07) is 8.49. The molecule has 0 amide bonds. The second-order valence-corrected chi connectivity index (χ2v) is 10.9. The second kappa shape index (κ2) is 11.9. The molecule has 3 heterocycles. The van der Waals surface area contributed by atoms with E-state index in [1.54, 1.807) is 19.1 Å². The molecule has 40 heavy (non-hydrogen) atoms. The highest BCUT2D eigenvalue weighted by molar-refractivity contribution is 6.33. The Kier molecular flexibility index (Phi) is 8.54. The van der Waals surface area contributed by atoms with E-state index in [0.717, 1.165) is 51.2 Å². The topological polar surface area (TPSA) is 65.9 Å². The van der Waals surface area contributed by atoms with Gasteiger partial charge < -0.3 is 14.7 Å². The van der Waals surface area contributed by atoms with Crippen LogP contribution in [0.25, 0.3) is 22.2 Å². The predicted octanol–water partition coefficient (Wildman–Crippen LogP) is 7.12. The Balaban J connectivity index is 1.58. The first-order valence-corrected chi connectivity index (χ1v) is 14.2. The van der Waals surface area contributed by atoms with Crippen LogP contribution in [-0.4, -0.2) is 64.7 Å². The Hall–Kier alpha value is -2.88. The number of halogens is 4. The number of carboxylic acid groups (broad SMARTS) is 1. The average Bonchev–Trinajstić information content (AvgIpc) is 2.94. The van der Waals surface area contributed by atoms with Crippen molar-refractivity contribution in [3.63, 3.8) is 0 Å². The van der Waals surface area contributed by atoms with Crippen LogP contribution in [0.2, 0.25) is 5.02 Å². The van der Waals surface area contributed by atoms with Crippen molar-refractivity contribution in [1.29, 1.82) is 0 Å². The molecule has 2 aliphatic rings. The Labute approximate surface area is 236 Å². The summed E-state index contributed by atoms with van der Waals surface area (Å²) >= 11 is 6.43. The van der Waals surface area contributed by atoms with Gasteiger partial charge in [-0.25, -0.2) is 9.78 Å². The van der Waals surface area contributed by atoms with Gasteiger partial charge in [0.15, 0.2) is 0 Å². The first-order valence-electron chi connectivity index (χ1n) is 13.8. The van der Waals surface area contributed by atoms with Crippen LogP contribution in [0.1, 0.15) is 60.5 Å². The quantitative estimate of drug-likeness (QED) is 0.323. The van der Waals surface area contributed by atoms with E-state index in [1.807, 2.05) is 0 Å². The molecular formula is C30H33ClF3N3O3. The standard InChI is InChI=1S/C30H33ClF3N3O3/c1-2-40-26-17-25-22(16-24(26)31)27(29(38)39)23(28(35-25)19-7-6-8-20(15-19)30(32,33)34)18-36-13-9-21(10-14-36)37-11-4-3-5-12-37/h6-8,15-17,21H,2-5,9-14,18H2,1H3,(H,38,39). The van der Waals surface area contributed by atoms with Crippen molar-refractivity contribution >= 4 is 28.5 Å². The van der Waals surface area contributed by atoms with E-state index < -0.39 is 17.7 Å². The summed E-state index contributed by atoms with van der Waals surface area (Å²) in [5.74, 6) is -0.845. The Morgan fingerprint density at radius 2 is 1.82 bits per heavy atom. The van der Waals surface area contributed by atoms with Crippen LogP contribution in [0.3, 0.4) is 0 Å². The molecule has 5 rings (SSSR count). The number of hydrogen-bond acceptors (Lipinski definition) is 5. The molecule has 0 spiro atoms. The number of likely N-dealkylation sites (tertiary alicyclic amines) is 2. The van der Waals surface area contributed by atoms with Gasteiger partial charge in [0.2, 0.25) is 0 Å². The van der Waals surface area contributed by atoms with Crippen molar-refractivity contribution in [1.82, 2.24) is 14.8 Å². The third kappa shape index (κ3) is 6.06. The monoisotopic (exact) mass is 575 g/mol. The molecule has 10 heteroatoms. The normalized spacial score (nSPS) is 17.8. The maximum atomic E-state index is 13.6. The van der Waals surface area contributed by atoms with Crippen LogP contribution in [-0.2, 0) is 12.7 Å².